The van der Waals surface area contributed by atoms with Crippen molar-refractivity contribution in [2.24, 2.45) is 13.0 Å². The molecule has 3 rings (SSSR count). The van der Waals surface area contributed by atoms with E-state index in [2.05, 4.69) is 15.3 Å². The van der Waals surface area contributed by atoms with Gasteiger partial charge in [0.2, 0.25) is 0 Å². The average Bonchev–Trinajstić information content (AvgIpc) is 3.12. The summed E-state index contributed by atoms with van der Waals surface area (Å²) in [6.45, 7) is 4.67. The van der Waals surface area contributed by atoms with Gasteiger partial charge in [0.05, 0.1) is 17.3 Å². The number of aryl methyl sites for hydroxylation is 2. The maximum absolute atomic E-state index is 12.6. The first-order valence-corrected chi connectivity index (χ1v) is 7.96. The third-order valence-electron chi connectivity index (χ3n) is 4.63. The number of amides is 1. The van der Waals surface area contributed by atoms with Crippen molar-refractivity contribution < 1.29 is 14.7 Å². The molecular weight excluding hydrogens is 310 g/mol. The van der Waals surface area contributed by atoms with E-state index in [1.165, 1.54) is 0 Å². The molecular formula is C16H21N5O3. The quantitative estimate of drug-likeness (QED) is 0.884. The highest BCUT2D eigenvalue weighted by Crippen LogP contribution is 2.26. The van der Waals surface area contributed by atoms with Crippen molar-refractivity contribution in [2.75, 3.05) is 13.1 Å². The Morgan fingerprint density at radius 3 is 2.75 bits per heavy atom. The topological polar surface area (TPSA) is 104 Å². The van der Waals surface area contributed by atoms with Gasteiger partial charge in [-0.15, -0.1) is 0 Å². The van der Waals surface area contributed by atoms with Gasteiger partial charge in [-0.1, -0.05) is 0 Å². The Hall–Kier alpha value is -2.64. The van der Waals surface area contributed by atoms with Crippen LogP contribution in [0, 0.1) is 19.8 Å². The van der Waals surface area contributed by atoms with Crippen LogP contribution in [0.25, 0.3) is 11.3 Å². The number of aromatic nitrogens is 4. The second-order valence-corrected chi connectivity index (χ2v) is 6.26. The Morgan fingerprint density at radius 2 is 2.12 bits per heavy atom. The number of carbonyl (C=O) groups excluding carboxylic acids is 1. The summed E-state index contributed by atoms with van der Waals surface area (Å²) in [5, 5.41) is 20.6. The predicted molar refractivity (Wildman–Crippen MR) is 86.5 cm³/mol. The van der Waals surface area contributed by atoms with Crippen molar-refractivity contribution in [1.82, 2.24) is 24.9 Å². The lowest BCUT2D eigenvalue weighted by atomic mass is 9.98. The van der Waals surface area contributed by atoms with E-state index in [0.717, 1.165) is 17.0 Å². The van der Waals surface area contributed by atoms with Crippen LogP contribution in [0.1, 0.15) is 34.7 Å². The van der Waals surface area contributed by atoms with Gasteiger partial charge in [-0.05, 0) is 32.8 Å². The van der Waals surface area contributed by atoms with Gasteiger partial charge in [0.25, 0.3) is 5.91 Å². The first-order chi connectivity index (χ1) is 11.4. The van der Waals surface area contributed by atoms with Gasteiger partial charge in [0, 0.05) is 31.4 Å². The van der Waals surface area contributed by atoms with E-state index in [-0.39, 0.29) is 12.5 Å². The van der Waals surface area contributed by atoms with E-state index in [1.54, 1.807) is 15.6 Å². The lowest BCUT2D eigenvalue weighted by molar-refractivity contribution is -0.143. The van der Waals surface area contributed by atoms with E-state index in [1.807, 2.05) is 20.9 Å². The van der Waals surface area contributed by atoms with Crippen LogP contribution < -0.4 is 0 Å². The molecule has 128 valence electrons. The molecule has 1 amide bonds. The first-order valence-electron chi connectivity index (χ1n) is 7.96. The van der Waals surface area contributed by atoms with E-state index in [9.17, 15) is 9.59 Å². The fraction of sp³-hybridized carbons (Fsp3) is 0.500. The standard InChI is InChI=1S/C16H21N5O3/c1-9-14(10(2)20(3)19-9)12-7-13(18-17-12)15(22)21-6-4-5-11(8-21)16(23)24/h7,11H,4-6,8H2,1-3H3,(H,17,18)(H,23,24). The van der Waals surface area contributed by atoms with Crippen LogP contribution in [0.15, 0.2) is 6.07 Å². The maximum atomic E-state index is 12.6. The van der Waals surface area contributed by atoms with Gasteiger partial charge in [-0.3, -0.25) is 19.4 Å². The van der Waals surface area contributed by atoms with Crippen molar-refractivity contribution in [3.05, 3.63) is 23.1 Å². The molecule has 2 aromatic heterocycles. The van der Waals surface area contributed by atoms with E-state index in [4.69, 9.17) is 5.11 Å². The molecule has 8 heteroatoms. The SMILES string of the molecule is Cc1nn(C)c(C)c1-c1cc(C(=O)N2CCCC(C(=O)O)C2)[nH]n1. The fourth-order valence-electron chi connectivity index (χ4n) is 3.24. The summed E-state index contributed by atoms with van der Waals surface area (Å²) in [7, 11) is 1.87. The van der Waals surface area contributed by atoms with E-state index in [0.29, 0.717) is 30.8 Å². The fourth-order valence-corrected chi connectivity index (χ4v) is 3.24. The molecule has 1 aliphatic heterocycles. The molecule has 0 spiro atoms. The van der Waals surface area contributed by atoms with E-state index < -0.39 is 11.9 Å². The second kappa shape index (κ2) is 6.10. The first kappa shape index (κ1) is 16.2. The number of rotatable bonds is 3. The van der Waals surface area contributed by atoms with Crippen LogP contribution in [0.4, 0.5) is 0 Å². The predicted octanol–water partition coefficient (Wildman–Crippen LogP) is 1.36. The minimum atomic E-state index is -0.848. The molecule has 8 nitrogen and oxygen atoms in total. The van der Waals surface area contributed by atoms with Crippen molar-refractivity contribution in [3.8, 4) is 11.3 Å². The molecule has 1 atom stereocenters. The van der Waals surface area contributed by atoms with Gasteiger partial charge in [-0.2, -0.15) is 10.2 Å². The summed E-state index contributed by atoms with van der Waals surface area (Å²) in [4.78, 5) is 25.4. The zero-order chi connectivity index (χ0) is 17.4. The average molecular weight is 331 g/mol. The minimum Gasteiger partial charge on any atom is -0.481 e. The van der Waals surface area contributed by atoms with Crippen molar-refractivity contribution >= 4 is 11.9 Å². The van der Waals surface area contributed by atoms with Crippen molar-refractivity contribution in [1.29, 1.82) is 0 Å². The Labute approximate surface area is 139 Å². The van der Waals surface area contributed by atoms with Crippen LogP contribution in [-0.2, 0) is 11.8 Å². The lowest BCUT2D eigenvalue weighted by Crippen LogP contribution is -2.42. The van der Waals surface area contributed by atoms with Gasteiger partial charge in [-0.25, -0.2) is 0 Å². The minimum absolute atomic E-state index is 0.209. The molecule has 0 radical (unpaired) electrons. The van der Waals surface area contributed by atoms with Gasteiger partial charge < -0.3 is 10.0 Å². The number of aliphatic carboxylic acids is 1. The Balaban J connectivity index is 1.82. The third-order valence-corrected chi connectivity index (χ3v) is 4.63. The van der Waals surface area contributed by atoms with Crippen LogP contribution in [-0.4, -0.2) is 55.0 Å². The van der Waals surface area contributed by atoms with Crippen LogP contribution >= 0.6 is 0 Å². The molecule has 0 aliphatic carbocycles. The van der Waals surface area contributed by atoms with E-state index >= 15 is 0 Å². The molecule has 1 fully saturated rings. The number of carboxylic acid groups (broad SMARTS) is 1. The molecule has 1 saturated heterocycles. The molecule has 0 aromatic carbocycles. The summed E-state index contributed by atoms with van der Waals surface area (Å²) in [5.74, 6) is -1.55. The van der Waals surface area contributed by atoms with Gasteiger partial charge in [0.1, 0.15) is 5.69 Å². The smallest absolute Gasteiger partial charge is 0.308 e. The normalized spacial score (nSPS) is 18.0. The number of carboxylic acids is 1. The Kier molecular flexibility index (Phi) is 4.13. The monoisotopic (exact) mass is 331 g/mol. The highest BCUT2D eigenvalue weighted by Gasteiger charge is 2.29. The summed E-state index contributed by atoms with van der Waals surface area (Å²) >= 11 is 0. The zero-order valence-electron chi connectivity index (χ0n) is 14.0. The number of hydrogen-bond acceptors (Lipinski definition) is 4. The number of aromatic amines is 1. The molecule has 0 saturated carbocycles. The highest BCUT2D eigenvalue weighted by atomic mass is 16.4. The molecule has 0 bridgehead atoms. The summed E-state index contributed by atoms with van der Waals surface area (Å²) < 4.78 is 1.78. The number of nitrogens with one attached hydrogen (secondary N) is 1. The van der Waals surface area contributed by atoms with Crippen molar-refractivity contribution in [2.45, 2.75) is 26.7 Å². The van der Waals surface area contributed by atoms with Crippen molar-refractivity contribution in [3.63, 3.8) is 0 Å². The number of carbonyl (C=O) groups is 2. The number of hydrogen-bond donors (Lipinski definition) is 2. The number of piperidine rings is 1. The molecule has 2 N–H and O–H groups in total. The number of likely N-dealkylation sites (tertiary alicyclic amines) is 1. The number of H-pyrrole nitrogens is 1. The second-order valence-electron chi connectivity index (χ2n) is 6.26. The third kappa shape index (κ3) is 2.79. The number of nitrogens with zero attached hydrogens (tertiary/aromatic N) is 4. The summed E-state index contributed by atoms with van der Waals surface area (Å²) in [6.07, 6.45) is 1.31. The molecule has 24 heavy (non-hydrogen) atoms. The highest BCUT2D eigenvalue weighted by molar-refractivity contribution is 5.94. The largest absolute Gasteiger partial charge is 0.481 e. The van der Waals surface area contributed by atoms with Crippen LogP contribution in [0.2, 0.25) is 0 Å². The maximum Gasteiger partial charge on any atom is 0.308 e. The Morgan fingerprint density at radius 1 is 1.38 bits per heavy atom. The van der Waals surface area contributed by atoms with Crippen LogP contribution in [0.5, 0.6) is 0 Å². The Bertz CT molecular complexity index is 792. The zero-order valence-corrected chi connectivity index (χ0v) is 14.0. The van der Waals surface area contributed by atoms with Crippen LogP contribution in [0.3, 0.4) is 0 Å². The summed E-state index contributed by atoms with van der Waals surface area (Å²) in [6, 6.07) is 1.71. The molecule has 2 aromatic rings. The van der Waals surface area contributed by atoms with Gasteiger partial charge in [0.15, 0.2) is 0 Å². The summed E-state index contributed by atoms with van der Waals surface area (Å²) in [5.41, 5.74) is 3.79. The molecule has 1 aliphatic rings. The molecule has 3 heterocycles. The molecule has 1 unspecified atom stereocenters. The lowest BCUT2D eigenvalue weighted by Gasteiger charge is -2.30. The van der Waals surface area contributed by atoms with Gasteiger partial charge >= 0.3 is 5.97 Å².